The fourth-order valence-electron chi connectivity index (χ4n) is 3.12. The van der Waals surface area contributed by atoms with Crippen LogP contribution in [0, 0.1) is 0 Å². The molecule has 4 rings (SSSR count). The molecule has 7 nitrogen and oxygen atoms in total. The zero-order chi connectivity index (χ0) is 16.7. The molecule has 0 atom stereocenters. The molecular formula is C16H17ClN2O5. The van der Waals surface area contributed by atoms with Gasteiger partial charge in [-0.15, -0.1) is 0 Å². The first kappa shape index (κ1) is 15.4. The molecule has 8 heteroatoms. The second-order valence-corrected chi connectivity index (χ2v) is 6.89. The maximum atomic E-state index is 12.1. The fourth-order valence-corrected chi connectivity index (χ4v) is 3.30. The van der Waals surface area contributed by atoms with E-state index in [0.717, 1.165) is 0 Å². The summed E-state index contributed by atoms with van der Waals surface area (Å²) in [7, 11) is 0. The molecule has 1 saturated carbocycles. The number of rotatable bonds is 3. The maximum absolute atomic E-state index is 12.1. The number of halogens is 1. The number of benzene rings is 1. The number of para-hydroxylation sites is 1. The molecule has 0 radical (unpaired) electrons. The molecule has 1 spiro atoms. The average molecular weight is 353 g/mol. The van der Waals surface area contributed by atoms with E-state index < -0.39 is 11.6 Å². The first-order chi connectivity index (χ1) is 11.5. The number of likely N-dealkylation sites (tertiary alicyclic amines) is 1. The minimum Gasteiger partial charge on any atom is -0.489 e. The van der Waals surface area contributed by atoms with Crippen LogP contribution in [0.5, 0.6) is 5.75 Å². The molecular weight excluding hydrogens is 336 g/mol. The number of amides is 2. The molecule has 0 aromatic heterocycles. The molecule has 3 fully saturated rings. The maximum Gasteiger partial charge on any atom is 0.410 e. The Morgan fingerprint density at radius 3 is 2.71 bits per heavy atom. The number of ether oxygens (including phenoxy) is 3. The molecule has 128 valence electrons. The van der Waals surface area contributed by atoms with E-state index in [1.165, 1.54) is 0 Å². The summed E-state index contributed by atoms with van der Waals surface area (Å²) in [6, 6.07) is 7.30. The van der Waals surface area contributed by atoms with Gasteiger partial charge in [-0.2, -0.15) is 0 Å². The summed E-state index contributed by atoms with van der Waals surface area (Å²) >= 11 is 6.05. The van der Waals surface area contributed by atoms with Crippen LogP contribution in [0.25, 0.3) is 0 Å². The van der Waals surface area contributed by atoms with E-state index in [2.05, 4.69) is 5.32 Å². The number of carbonyl (C=O) groups is 2. The average Bonchev–Trinajstić information content (AvgIpc) is 2.87. The van der Waals surface area contributed by atoms with Gasteiger partial charge in [-0.1, -0.05) is 23.7 Å². The van der Waals surface area contributed by atoms with Crippen LogP contribution in [0.1, 0.15) is 12.8 Å². The molecule has 0 unspecified atom stereocenters. The smallest absolute Gasteiger partial charge is 0.410 e. The number of cyclic esters (lactones) is 1. The highest BCUT2D eigenvalue weighted by molar-refractivity contribution is 6.32. The van der Waals surface area contributed by atoms with Crippen LogP contribution in [0.2, 0.25) is 5.02 Å². The number of alkyl carbamates (subject to hydrolysis) is 1. The van der Waals surface area contributed by atoms with Crippen LogP contribution in [-0.4, -0.2) is 54.5 Å². The first-order valence-corrected chi connectivity index (χ1v) is 8.22. The van der Waals surface area contributed by atoms with E-state index in [0.29, 0.717) is 43.3 Å². The van der Waals surface area contributed by atoms with Crippen molar-refractivity contribution in [2.75, 3.05) is 19.7 Å². The van der Waals surface area contributed by atoms with E-state index in [1.54, 1.807) is 11.0 Å². The Morgan fingerprint density at radius 2 is 2.04 bits per heavy atom. The van der Waals surface area contributed by atoms with E-state index in [1.807, 2.05) is 18.2 Å². The van der Waals surface area contributed by atoms with Crippen molar-refractivity contribution in [3.8, 4) is 5.75 Å². The zero-order valence-corrected chi connectivity index (χ0v) is 13.6. The van der Waals surface area contributed by atoms with Gasteiger partial charge in [0, 0.05) is 12.8 Å². The summed E-state index contributed by atoms with van der Waals surface area (Å²) < 4.78 is 16.1. The van der Waals surface area contributed by atoms with Crippen molar-refractivity contribution in [1.82, 2.24) is 10.2 Å². The zero-order valence-electron chi connectivity index (χ0n) is 12.9. The minimum atomic E-state index is -0.429. The largest absolute Gasteiger partial charge is 0.489 e. The Balaban J connectivity index is 1.20. The number of hydrogen-bond acceptors (Lipinski definition) is 5. The Kier molecular flexibility index (Phi) is 3.68. The van der Waals surface area contributed by atoms with Crippen LogP contribution in [0.4, 0.5) is 9.59 Å². The highest BCUT2D eigenvalue weighted by atomic mass is 35.5. The monoisotopic (exact) mass is 352 g/mol. The van der Waals surface area contributed by atoms with Crippen molar-refractivity contribution >= 4 is 23.8 Å². The molecule has 2 amide bonds. The Hall–Kier alpha value is -2.15. The van der Waals surface area contributed by atoms with Crippen molar-refractivity contribution < 1.29 is 23.8 Å². The Labute approximate surface area is 143 Å². The molecule has 2 saturated heterocycles. The normalized spacial score (nSPS) is 26.9. The SMILES string of the molecule is O=C1NC2(CO1)CN(C(=O)OC1CC(Oc3ccccc3Cl)C1)C2. The quantitative estimate of drug-likeness (QED) is 0.902. The van der Waals surface area contributed by atoms with Crippen molar-refractivity contribution in [3.63, 3.8) is 0 Å². The van der Waals surface area contributed by atoms with Gasteiger partial charge in [-0.05, 0) is 12.1 Å². The minimum absolute atomic E-state index is 0.00736. The molecule has 1 N–H and O–H groups in total. The second kappa shape index (κ2) is 5.73. The van der Waals surface area contributed by atoms with Crippen molar-refractivity contribution in [2.45, 2.75) is 30.6 Å². The van der Waals surface area contributed by atoms with Crippen molar-refractivity contribution in [1.29, 1.82) is 0 Å². The third-order valence-electron chi connectivity index (χ3n) is 4.54. The van der Waals surface area contributed by atoms with E-state index in [-0.39, 0.29) is 18.3 Å². The summed E-state index contributed by atoms with van der Waals surface area (Å²) in [4.78, 5) is 24.7. The lowest BCUT2D eigenvalue weighted by molar-refractivity contribution is -0.0500. The third kappa shape index (κ3) is 2.84. The van der Waals surface area contributed by atoms with Crippen LogP contribution in [0.15, 0.2) is 24.3 Å². The van der Waals surface area contributed by atoms with Gasteiger partial charge in [0.2, 0.25) is 0 Å². The van der Waals surface area contributed by atoms with Crippen LogP contribution < -0.4 is 10.1 Å². The van der Waals surface area contributed by atoms with Crippen LogP contribution in [-0.2, 0) is 9.47 Å². The molecule has 1 aromatic rings. The summed E-state index contributed by atoms with van der Waals surface area (Å²) in [5.74, 6) is 0.649. The predicted molar refractivity (Wildman–Crippen MR) is 84.2 cm³/mol. The van der Waals surface area contributed by atoms with Gasteiger partial charge in [0.25, 0.3) is 0 Å². The standard InChI is InChI=1S/C16H17ClN2O5/c17-12-3-1-2-4-13(12)23-10-5-11(6-10)24-15(21)19-7-16(8-19)9-22-14(20)18-16/h1-4,10-11H,5-9H2,(H,18,20). The molecule has 0 bridgehead atoms. The van der Waals surface area contributed by atoms with Gasteiger partial charge in [0.15, 0.2) is 0 Å². The van der Waals surface area contributed by atoms with E-state index >= 15 is 0 Å². The van der Waals surface area contributed by atoms with Crippen LogP contribution in [0.3, 0.4) is 0 Å². The molecule has 3 aliphatic rings. The molecule has 2 aliphatic heterocycles. The summed E-state index contributed by atoms with van der Waals surface area (Å²) in [6.45, 7) is 1.14. The van der Waals surface area contributed by atoms with Gasteiger partial charge in [0.1, 0.15) is 30.1 Å². The highest BCUT2D eigenvalue weighted by Gasteiger charge is 2.52. The highest BCUT2D eigenvalue weighted by Crippen LogP contribution is 2.33. The predicted octanol–water partition coefficient (Wildman–Crippen LogP) is 2.18. The molecule has 24 heavy (non-hydrogen) atoms. The van der Waals surface area contributed by atoms with Crippen molar-refractivity contribution in [3.05, 3.63) is 29.3 Å². The van der Waals surface area contributed by atoms with Crippen molar-refractivity contribution in [2.24, 2.45) is 0 Å². The lowest BCUT2D eigenvalue weighted by atomic mass is 9.91. The summed E-state index contributed by atoms with van der Waals surface area (Å²) in [6.07, 6.45) is 0.374. The topological polar surface area (TPSA) is 77.1 Å². The van der Waals surface area contributed by atoms with E-state index in [9.17, 15) is 9.59 Å². The number of carbonyl (C=O) groups excluding carboxylic acids is 2. The lowest BCUT2D eigenvalue weighted by Crippen LogP contribution is -2.70. The fraction of sp³-hybridized carbons (Fsp3) is 0.500. The molecule has 1 aliphatic carbocycles. The van der Waals surface area contributed by atoms with Gasteiger partial charge >= 0.3 is 12.2 Å². The number of hydrogen-bond donors (Lipinski definition) is 1. The summed E-state index contributed by atoms with van der Waals surface area (Å²) in [5, 5.41) is 3.30. The molecule has 1 aromatic carbocycles. The van der Waals surface area contributed by atoms with Gasteiger partial charge in [-0.3, -0.25) is 0 Å². The molecule has 2 heterocycles. The lowest BCUT2D eigenvalue weighted by Gasteiger charge is -2.46. The van der Waals surface area contributed by atoms with Gasteiger partial charge in [0.05, 0.1) is 18.1 Å². The number of nitrogens with one attached hydrogen (secondary N) is 1. The van der Waals surface area contributed by atoms with Gasteiger partial charge < -0.3 is 24.4 Å². The van der Waals surface area contributed by atoms with E-state index in [4.69, 9.17) is 25.8 Å². The Bertz CT molecular complexity index is 670. The number of nitrogens with zero attached hydrogens (tertiary/aromatic N) is 1. The second-order valence-electron chi connectivity index (χ2n) is 6.48. The van der Waals surface area contributed by atoms with Gasteiger partial charge in [-0.25, -0.2) is 9.59 Å². The third-order valence-corrected chi connectivity index (χ3v) is 4.85. The first-order valence-electron chi connectivity index (χ1n) is 7.85. The summed E-state index contributed by atoms with van der Waals surface area (Å²) in [5.41, 5.74) is -0.425. The Morgan fingerprint density at radius 1 is 1.29 bits per heavy atom. The van der Waals surface area contributed by atoms with Crippen LogP contribution >= 0.6 is 11.6 Å².